The summed E-state index contributed by atoms with van der Waals surface area (Å²) in [5.74, 6) is -1.35. The summed E-state index contributed by atoms with van der Waals surface area (Å²) in [6.07, 6.45) is 20.3. The molecule has 0 saturated heterocycles. The summed E-state index contributed by atoms with van der Waals surface area (Å²) in [7, 11) is 4.56. The SMILES string of the molecule is C=CCCCCCCCCC(=O)O.C=CCCCCCCCCC(=O)O.[Al][Cl]. The average Bonchev–Trinajstić information content (AvgIpc) is 2.68. The third kappa shape index (κ3) is 40.1. The lowest BCUT2D eigenvalue weighted by atomic mass is 10.1. The van der Waals surface area contributed by atoms with Gasteiger partial charge in [-0.05, 0) is 38.5 Å². The second-order valence-corrected chi connectivity index (χ2v) is 6.68. The first-order valence-corrected chi connectivity index (χ1v) is 12.2. The number of aliphatic carboxylic acids is 2. The molecule has 162 valence electrons. The van der Waals surface area contributed by atoms with Crippen LogP contribution >= 0.6 is 10.0 Å². The van der Waals surface area contributed by atoms with Gasteiger partial charge in [0.05, 0.1) is 0 Å². The number of carbonyl (C=O) groups is 2. The summed E-state index contributed by atoms with van der Waals surface area (Å²) in [5.41, 5.74) is 0. The molecule has 0 unspecified atom stereocenters. The van der Waals surface area contributed by atoms with Crippen LogP contribution in [-0.2, 0) is 9.59 Å². The van der Waals surface area contributed by atoms with Crippen LogP contribution in [0.2, 0.25) is 0 Å². The molecule has 0 aromatic carbocycles. The minimum atomic E-state index is -0.674. The van der Waals surface area contributed by atoms with Gasteiger partial charge in [0.1, 0.15) is 0 Å². The number of hydrogen-bond donors (Lipinski definition) is 2. The molecule has 0 spiro atoms. The van der Waals surface area contributed by atoms with Crippen LogP contribution in [0.5, 0.6) is 0 Å². The van der Waals surface area contributed by atoms with Crippen LogP contribution in [0.1, 0.15) is 103 Å². The van der Waals surface area contributed by atoms with Gasteiger partial charge in [-0.2, -0.15) is 0 Å². The lowest BCUT2D eigenvalue weighted by Gasteiger charge is -1.98. The Labute approximate surface area is 185 Å². The highest BCUT2D eigenvalue weighted by Gasteiger charge is 1.96. The predicted octanol–water partition coefficient (Wildman–Crippen LogP) is 7.06. The molecule has 0 amide bonds. The second-order valence-electron chi connectivity index (χ2n) is 6.68. The zero-order chi connectivity index (χ0) is 21.9. The summed E-state index contributed by atoms with van der Waals surface area (Å²) in [6.45, 7) is 7.32. The van der Waals surface area contributed by atoms with E-state index < -0.39 is 11.9 Å². The predicted molar refractivity (Wildman–Crippen MR) is 121 cm³/mol. The lowest BCUT2D eigenvalue weighted by molar-refractivity contribution is -0.138. The summed E-state index contributed by atoms with van der Waals surface area (Å²) in [5, 5.41) is 16.8. The Hall–Kier alpha value is -0.758. The van der Waals surface area contributed by atoms with Crippen molar-refractivity contribution >= 4 is 37.4 Å². The van der Waals surface area contributed by atoms with Gasteiger partial charge in [0, 0.05) is 12.8 Å². The number of carboxylic acids is 2. The van der Waals surface area contributed by atoms with Crippen molar-refractivity contribution in [1.29, 1.82) is 0 Å². The highest BCUT2D eigenvalue weighted by Crippen LogP contribution is 2.09. The standard InChI is InChI=1S/2C11H20O2.Al.ClH/c2*1-2-3-4-5-6-7-8-9-10-11(12)13;;/h2*2H,1,3-10H2,(H,12,13);;1H/q;;+1;/p-1. The Kier molecular flexibility index (Phi) is 35.3. The number of allylic oxidation sites excluding steroid dienone is 2. The molecule has 2 radical (unpaired) electrons. The van der Waals surface area contributed by atoms with Crippen molar-refractivity contribution in [2.45, 2.75) is 103 Å². The zero-order valence-corrected chi connectivity index (χ0v) is 19.5. The third-order valence-electron chi connectivity index (χ3n) is 4.10. The minimum Gasteiger partial charge on any atom is -0.481 e. The fourth-order valence-electron chi connectivity index (χ4n) is 2.54. The lowest BCUT2D eigenvalue weighted by Crippen LogP contribution is -1.93. The van der Waals surface area contributed by atoms with Gasteiger partial charge in [-0.15, -0.1) is 13.2 Å². The van der Waals surface area contributed by atoms with Gasteiger partial charge in [0.2, 0.25) is 0 Å². The summed E-state index contributed by atoms with van der Waals surface area (Å²) in [4.78, 5) is 20.3. The molecule has 28 heavy (non-hydrogen) atoms. The van der Waals surface area contributed by atoms with E-state index in [1.807, 2.05) is 27.5 Å². The van der Waals surface area contributed by atoms with Gasteiger partial charge < -0.3 is 10.2 Å². The van der Waals surface area contributed by atoms with Crippen molar-refractivity contribution in [2.24, 2.45) is 0 Å². The van der Waals surface area contributed by atoms with Crippen LogP contribution in [0, 0.1) is 0 Å². The van der Waals surface area contributed by atoms with E-state index in [1.54, 1.807) is 0 Å². The Morgan fingerprint density at radius 1 is 0.607 bits per heavy atom. The highest BCUT2D eigenvalue weighted by molar-refractivity contribution is 6.80. The maximum Gasteiger partial charge on any atom is 0.303 e. The van der Waals surface area contributed by atoms with E-state index in [2.05, 4.69) is 23.2 Å². The smallest absolute Gasteiger partial charge is 0.303 e. The Morgan fingerprint density at radius 3 is 1.11 bits per heavy atom. The van der Waals surface area contributed by atoms with Gasteiger partial charge in [-0.1, -0.05) is 63.5 Å². The largest absolute Gasteiger partial charge is 0.481 e. The minimum absolute atomic E-state index is 0.326. The molecule has 0 atom stereocenters. The summed E-state index contributed by atoms with van der Waals surface area (Å²) >= 11 is 1.89. The number of hydrogen-bond acceptors (Lipinski definition) is 2. The Bertz CT molecular complexity index is 328. The third-order valence-corrected chi connectivity index (χ3v) is 4.10. The van der Waals surface area contributed by atoms with Gasteiger partial charge in [0.25, 0.3) is 15.4 Å². The molecule has 0 rings (SSSR count). The first-order chi connectivity index (χ1) is 13.5. The topological polar surface area (TPSA) is 74.6 Å². The Balaban J connectivity index is -0.000000410. The second kappa shape index (κ2) is 31.0. The average molecular weight is 431 g/mol. The van der Waals surface area contributed by atoms with Crippen LogP contribution in [0.25, 0.3) is 0 Å². The number of rotatable bonds is 18. The fraction of sp³-hybridized carbons (Fsp3) is 0.727. The molecular weight excluding hydrogens is 391 g/mol. The van der Waals surface area contributed by atoms with Crippen LogP contribution in [0.15, 0.2) is 25.3 Å². The van der Waals surface area contributed by atoms with Gasteiger partial charge in [0.15, 0.2) is 0 Å². The summed E-state index contributed by atoms with van der Waals surface area (Å²) in [6, 6.07) is 0. The van der Waals surface area contributed by atoms with Crippen LogP contribution in [0.4, 0.5) is 0 Å². The van der Waals surface area contributed by atoms with Crippen molar-refractivity contribution in [2.75, 3.05) is 0 Å². The van der Waals surface area contributed by atoms with Crippen molar-refractivity contribution in [1.82, 2.24) is 0 Å². The molecule has 0 bridgehead atoms. The number of halogens is 1. The van der Waals surface area contributed by atoms with Crippen molar-refractivity contribution in [3.63, 3.8) is 0 Å². The van der Waals surface area contributed by atoms with E-state index in [0.717, 1.165) is 38.5 Å². The van der Waals surface area contributed by atoms with Crippen molar-refractivity contribution in [3.05, 3.63) is 25.3 Å². The molecule has 0 heterocycles. The molecular formula is C22H40AlClO4. The van der Waals surface area contributed by atoms with E-state index in [0.29, 0.717) is 12.8 Å². The molecule has 6 heteroatoms. The Morgan fingerprint density at radius 2 is 0.857 bits per heavy atom. The van der Waals surface area contributed by atoms with Gasteiger partial charge in [-0.3, -0.25) is 19.6 Å². The van der Waals surface area contributed by atoms with E-state index in [1.165, 1.54) is 51.4 Å². The van der Waals surface area contributed by atoms with E-state index in [-0.39, 0.29) is 0 Å². The van der Waals surface area contributed by atoms with Crippen LogP contribution in [-0.4, -0.2) is 37.5 Å². The molecule has 2 N–H and O–H groups in total. The van der Waals surface area contributed by atoms with Gasteiger partial charge >= 0.3 is 11.9 Å². The van der Waals surface area contributed by atoms with Crippen LogP contribution in [0.3, 0.4) is 0 Å². The number of unbranched alkanes of at least 4 members (excludes halogenated alkanes) is 12. The monoisotopic (exact) mass is 430 g/mol. The van der Waals surface area contributed by atoms with E-state index >= 15 is 0 Å². The van der Waals surface area contributed by atoms with E-state index in [9.17, 15) is 9.59 Å². The zero-order valence-electron chi connectivity index (χ0n) is 17.5. The molecule has 0 aromatic heterocycles. The fourth-order valence-corrected chi connectivity index (χ4v) is 2.54. The quantitative estimate of drug-likeness (QED) is 0.138. The molecule has 4 nitrogen and oxygen atoms in total. The normalized spacial score (nSPS) is 9.32. The molecule has 0 fully saturated rings. The van der Waals surface area contributed by atoms with Gasteiger partial charge in [-0.25, -0.2) is 0 Å². The maximum atomic E-state index is 10.2. The first kappa shape index (κ1) is 31.9. The summed E-state index contributed by atoms with van der Waals surface area (Å²) < 4.78 is 0. The first-order valence-electron chi connectivity index (χ1n) is 10.4. The molecule has 0 aromatic rings. The van der Waals surface area contributed by atoms with Crippen molar-refractivity contribution < 1.29 is 19.8 Å². The molecule has 0 aliphatic rings. The number of carboxylic acid groups (broad SMARTS) is 2. The van der Waals surface area contributed by atoms with Crippen molar-refractivity contribution in [3.8, 4) is 0 Å². The maximum absolute atomic E-state index is 10.2. The molecule has 0 aliphatic heterocycles. The van der Waals surface area contributed by atoms with Crippen LogP contribution < -0.4 is 0 Å². The van der Waals surface area contributed by atoms with E-state index in [4.69, 9.17) is 10.2 Å². The highest BCUT2D eigenvalue weighted by atomic mass is 35.6. The molecule has 0 saturated carbocycles. The molecule has 0 aliphatic carbocycles.